The molecule has 1 rings (SSSR count). The van der Waals surface area contributed by atoms with E-state index in [1.54, 1.807) is 7.11 Å². The van der Waals surface area contributed by atoms with Crippen molar-refractivity contribution in [3.63, 3.8) is 0 Å². The van der Waals surface area contributed by atoms with Crippen molar-refractivity contribution in [2.45, 2.75) is 6.92 Å². The van der Waals surface area contributed by atoms with E-state index in [1.807, 2.05) is 25.1 Å². The summed E-state index contributed by atoms with van der Waals surface area (Å²) in [6.07, 6.45) is 5.25. The van der Waals surface area contributed by atoms with Gasteiger partial charge < -0.3 is 4.74 Å². The van der Waals surface area contributed by atoms with E-state index in [0.29, 0.717) is 0 Å². The van der Waals surface area contributed by atoms with Crippen LogP contribution in [0, 0.1) is 19.3 Å². The van der Waals surface area contributed by atoms with Gasteiger partial charge in [-0.3, -0.25) is 0 Å². The minimum atomic E-state index is 0.771. The maximum absolute atomic E-state index is 5.25. The molecule has 0 aromatic heterocycles. The number of aryl methyl sites for hydroxylation is 1. The summed E-state index contributed by atoms with van der Waals surface area (Å²) >= 11 is 0. The van der Waals surface area contributed by atoms with Crippen molar-refractivity contribution >= 4 is 0 Å². The average molecular weight is 174 g/mol. The molecular formula is C12H14O. The highest BCUT2D eigenvalue weighted by Crippen LogP contribution is 2.18. The number of hydrogen-bond donors (Lipinski definition) is 0. The van der Waals surface area contributed by atoms with Crippen LogP contribution in [0.3, 0.4) is 0 Å². The van der Waals surface area contributed by atoms with Gasteiger partial charge in [0, 0.05) is 0 Å². The fourth-order valence-electron chi connectivity index (χ4n) is 0.918. The highest BCUT2D eigenvalue weighted by atomic mass is 16.5. The van der Waals surface area contributed by atoms with Crippen LogP contribution in [-0.4, -0.2) is 7.11 Å². The predicted octanol–water partition coefficient (Wildman–Crippen LogP) is 2.79. The van der Waals surface area contributed by atoms with Gasteiger partial charge in [-0.2, -0.15) is 0 Å². The fraction of sp³-hybridized carbons (Fsp3) is 0.167. The Labute approximate surface area is 80.1 Å². The van der Waals surface area contributed by atoms with Crippen molar-refractivity contribution in [2.24, 2.45) is 0 Å². The van der Waals surface area contributed by atoms with Crippen LogP contribution >= 0.6 is 0 Å². The molecular weight excluding hydrogens is 160 g/mol. The van der Waals surface area contributed by atoms with Crippen LogP contribution < -0.4 is 4.74 Å². The van der Waals surface area contributed by atoms with Gasteiger partial charge in [0.2, 0.25) is 0 Å². The smallest absolute Gasteiger partial charge is 0.134 e. The minimum Gasteiger partial charge on any atom is -0.495 e. The molecule has 0 spiro atoms. The van der Waals surface area contributed by atoms with Gasteiger partial charge in [0.1, 0.15) is 5.75 Å². The van der Waals surface area contributed by atoms with Gasteiger partial charge in [-0.1, -0.05) is 12.0 Å². The Balaban J connectivity index is 0.000000671. The number of hydrogen-bond acceptors (Lipinski definition) is 1. The monoisotopic (exact) mass is 174 g/mol. The summed E-state index contributed by atoms with van der Waals surface area (Å²) in [7, 11) is 1.62. The standard InChI is InChI=1S/C10H10O.C2H4/c1-4-9-6-5-8(2)7-10(9)11-3;1-2/h1,5-7H,2-3H3;1-2H2. The third-order valence-corrected chi connectivity index (χ3v) is 1.51. The van der Waals surface area contributed by atoms with Crippen LogP contribution in [0.25, 0.3) is 0 Å². The fourth-order valence-corrected chi connectivity index (χ4v) is 0.918. The minimum absolute atomic E-state index is 0.771. The second-order valence-electron chi connectivity index (χ2n) is 2.35. The van der Waals surface area contributed by atoms with E-state index in [2.05, 4.69) is 19.1 Å². The molecule has 0 unspecified atom stereocenters. The SMILES string of the molecule is C#Cc1ccc(C)cc1OC.C=C. The second-order valence-corrected chi connectivity index (χ2v) is 2.35. The molecule has 0 radical (unpaired) electrons. The quantitative estimate of drug-likeness (QED) is 0.470. The molecule has 0 aliphatic carbocycles. The molecule has 13 heavy (non-hydrogen) atoms. The van der Waals surface area contributed by atoms with Crippen molar-refractivity contribution in [3.8, 4) is 18.1 Å². The molecule has 0 aliphatic rings. The lowest BCUT2D eigenvalue weighted by atomic mass is 10.1. The number of rotatable bonds is 1. The molecule has 1 heteroatoms. The zero-order valence-corrected chi connectivity index (χ0v) is 8.13. The Morgan fingerprint density at radius 1 is 1.38 bits per heavy atom. The molecule has 0 atom stereocenters. The first-order valence-corrected chi connectivity index (χ1v) is 3.89. The van der Waals surface area contributed by atoms with Crippen molar-refractivity contribution in [2.75, 3.05) is 7.11 Å². The first-order valence-electron chi connectivity index (χ1n) is 3.89. The third-order valence-electron chi connectivity index (χ3n) is 1.51. The summed E-state index contributed by atoms with van der Waals surface area (Å²) in [5.74, 6) is 3.32. The van der Waals surface area contributed by atoms with Crippen LogP contribution in [0.5, 0.6) is 5.75 Å². The maximum Gasteiger partial charge on any atom is 0.134 e. The number of benzene rings is 1. The lowest BCUT2D eigenvalue weighted by Crippen LogP contribution is -1.87. The van der Waals surface area contributed by atoms with E-state index >= 15 is 0 Å². The van der Waals surface area contributed by atoms with E-state index in [1.165, 1.54) is 0 Å². The highest BCUT2D eigenvalue weighted by molar-refractivity contribution is 5.46. The molecule has 1 aromatic rings. The predicted molar refractivity (Wildman–Crippen MR) is 56.9 cm³/mol. The first-order chi connectivity index (χ1) is 6.27. The Bertz CT molecular complexity index is 307. The van der Waals surface area contributed by atoms with Gasteiger partial charge in [0.25, 0.3) is 0 Å². The van der Waals surface area contributed by atoms with Gasteiger partial charge in [-0.25, -0.2) is 0 Å². The second kappa shape index (κ2) is 5.91. The zero-order valence-electron chi connectivity index (χ0n) is 8.13. The normalized spacial score (nSPS) is 7.77. The molecule has 0 bridgehead atoms. The summed E-state index contributed by atoms with van der Waals surface area (Å²) in [5.41, 5.74) is 1.96. The summed E-state index contributed by atoms with van der Waals surface area (Å²) in [4.78, 5) is 0. The lowest BCUT2D eigenvalue weighted by Gasteiger charge is -2.02. The zero-order chi connectivity index (χ0) is 10.3. The number of terminal acetylenes is 1. The van der Waals surface area contributed by atoms with Crippen LogP contribution in [0.2, 0.25) is 0 Å². The number of ether oxygens (including phenoxy) is 1. The summed E-state index contributed by atoms with van der Waals surface area (Å²) in [6.45, 7) is 8.00. The van der Waals surface area contributed by atoms with E-state index in [9.17, 15) is 0 Å². The summed E-state index contributed by atoms with van der Waals surface area (Å²) in [6, 6.07) is 5.78. The summed E-state index contributed by atoms with van der Waals surface area (Å²) < 4.78 is 5.07. The first kappa shape index (κ1) is 11.3. The molecule has 0 saturated carbocycles. The molecule has 0 amide bonds. The van der Waals surface area contributed by atoms with E-state index < -0.39 is 0 Å². The Kier molecular flexibility index (Phi) is 5.14. The van der Waals surface area contributed by atoms with E-state index in [0.717, 1.165) is 16.9 Å². The maximum atomic E-state index is 5.25. The molecule has 0 saturated heterocycles. The molecule has 0 heterocycles. The molecule has 0 fully saturated rings. The highest BCUT2D eigenvalue weighted by Gasteiger charge is 1.97. The average Bonchev–Trinajstić information content (AvgIpc) is 2.20. The Morgan fingerprint density at radius 2 is 2.00 bits per heavy atom. The topological polar surface area (TPSA) is 9.23 Å². The van der Waals surface area contributed by atoms with Crippen molar-refractivity contribution in [3.05, 3.63) is 42.5 Å². The van der Waals surface area contributed by atoms with Gasteiger partial charge in [0.05, 0.1) is 12.7 Å². The van der Waals surface area contributed by atoms with Gasteiger partial charge in [-0.15, -0.1) is 19.6 Å². The number of methoxy groups -OCH3 is 1. The largest absolute Gasteiger partial charge is 0.495 e. The van der Waals surface area contributed by atoms with Crippen LogP contribution in [-0.2, 0) is 0 Å². The Hall–Kier alpha value is -1.68. The summed E-state index contributed by atoms with van der Waals surface area (Å²) in [5, 5.41) is 0. The van der Waals surface area contributed by atoms with Crippen molar-refractivity contribution in [1.82, 2.24) is 0 Å². The molecule has 1 nitrogen and oxygen atoms in total. The molecule has 68 valence electrons. The van der Waals surface area contributed by atoms with Crippen molar-refractivity contribution < 1.29 is 4.74 Å². The molecule has 1 aromatic carbocycles. The van der Waals surface area contributed by atoms with Gasteiger partial charge >= 0.3 is 0 Å². The lowest BCUT2D eigenvalue weighted by molar-refractivity contribution is 0.413. The van der Waals surface area contributed by atoms with Gasteiger partial charge in [-0.05, 0) is 24.6 Å². The van der Waals surface area contributed by atoms with Gasteiger partial charge in [0.15, 0.2) is 0 Å². The molecule has 0 aliphatic heterocycles. The molecule has 0 N–H and O–H groups in total. The van der Waals surface area contributed by atoms with Crippen LogP contribution in [0.4, 0.5) is 0 Å². The van der Waals surface area contributed by atoms with E-state index in [-0.39, 0.29) is 0 Å². The van der Waals surface area contributed by atoms with E-state index in [4.69, 9.17) is 11.2 Å². The van der Waals surface area contributed by atoms with Crippen LogP contribution in [0.1, 0.15) is 11.1 Å². The Morgan fingerprint density at radius 3 is 2.46 bits per heavy atom. The third kappa shape index (κ3) is 3.04. The van der Waals surface area contributed by atoms with Crippen LogP contribution in [0.15, 0.2) is 31.4 Å². The van der Waals surface area contributed by atoms with Crippen molar-refractivity contribution in [1.29, 1.82) is 0 Å².